The van der Waals surface area contributed by atoms with Gasteiger partial charge in [-0.2, -0.15) is 0 Å². The standard InChI is InChI=1S/C20H14BrN3O3/c21-13-1-4-15(5-2-13)27-12-19-16(7-10-26-19)20(25)24-14-3-6-17-18(11-14)23-9-8-22-17/h1-11H,12H2,(H,24,25). The van der Waals surface area contributed by atoms with Gasteiger partial charge in [-0.1, -0.05) is 15.9 Å². The third kappa shape index (κ3) is 3.98. The smallest absolute Gasteiger partial charge is 0.259 e. The molecule has 0 unspecified atom stereocenters. The summed E-state index contributed by atoms with van der Waals surface area (Å²) in [6.45, 7) is 0.153. The Morgan fingerprint density at radius 3 is 2.63 bits per heavy atom. The van der Waals surface area contributed by atoms with Crippen LogP contribution in [0.15, 0.2) is 76.1 Å². The molecule has 27 heavy (non-hydrogen) atoms. The van der Waals surface area contributed by atoms with Crippen molar-refractivity contribution in [1.82, 2.24) is 9.97 Å². The summed E-state index contributed by atoms with van der Waals surface area (Å²) in [6, 6.07) is 14.4. The Labute approximate surface area is 163 Å². The predicted octanol–water partition coefficient (Wildman–Crippen LogP) is 4.82. The number of anilines is 1. The second-order valence-electron chi connectivity index (χ2n) is 5.71. The molecular formula is C20H14BrN3O3. The van der Waals surface area contributed by atoms with Crippen LogP contribution in [0.2, 0.25) is 0 Å². The highest BCUT2D eigenvalue weighted by molar-refractivity contribution is 9.10. The average Bonchev–Trinajstić information content (AvgIpc) is 3.16. The van der Waals surface area contributed by atoms with Gasteiger partial charge in [0, 0.05) is 22.6 Å². The van der Waals surface area contributed by atoms with Gasteiger partial charge in [-0.15, -0.1) is 0 Å². The molecule has 0 radical (unpaired) electrons. The number of carbonyl (C=O) groups excluding carboxylic acids is 1. The number of hydrogen-bond donors (Lipinski definition) is 1. The molecule has 0 saturated carbocycles. The third-order valence-corrected chi connectivity index (χ3v) is 4.43. The monoisotopic (exact) mass is 423 g/mol. The summed E-state index contributed by atoms with van der Waals surface area (Å²) >= 11 is 3.38. The van der Waals surface area contributed by atoms with E-state index in [0.29, 0.717) is 28.3 Å². The molecule has 0 bridgehead atoms. The first-order valence-corrected chi connectivity index (χ1v) is 8.95. The molecule has 2 heterocycles. The first-order valence-electron chi connectivity index (χ1n) is 8.16. The topological polar surface area (TPSA) is 77.3 Å². The first-order chi connectivity index (χ1) is 13.2. The number of halogens is 1. The number of nitrogens with one attached hydrogen (secondary N) is 1. The van der Waals surface area contributed by atoms with Crippen LogP contribution < -0.4 is 10.1 Å². The van der Waals surface area contributed by atoms with Gasteiger partial charge < -0.3 is 14.5 Å². The SMILES string of the molecule is O=C(Nc1ccc2nccnc2c1)c1ccoc1COc1ccc(Br)cc1. The van der Waals surface area contributed by atoms with Crippen LogP contribution in [0.1, 0.15) is 16.1 Å². The molecule has 4 rings (SSSR count). The summed E-state index contributed by atoms with van der Waals surface area (Å²) in [7, 11) is 0. The van der Waals surface area contributed by atoms with E-state index in [1.165, 1.54) is 6.26 Å². The number of carbonyl (C=O) groups is 1. The molecule has 0 fully saturated rings. The van der Waals surface area contributed by atoms with Gasteiger partial charge in [-0.3, -0.25) is 14.8 Å². The molecule has 134 valence electrons. The number of furan rings is 1. The number of rotatable bonds is 5. The molecule has 4 aromatic rings. The highest BCUT2D eigenvalue weighted by Gasteiger charge is 2.16. The molecule has 0 saturated heterocycles. The van der Waals surface area contributed by atoms with Gasteiger partial charge >= 0.3 is 0 Å². The maximum atomic E-state index is 12.6. The minimum atomic E-state index is -0.276. The number of fused-ring (bicyclic) bond motifs is 1. The second-order valence-corrected chi connectivity index (χ2v) is 6.63. The summed E-state index contributed by atoms with van der Waals surface area (Å²) in [5.41, 5.74) is 2.53. The lowest BCUT2D eigenvalue weighted by Gasteiger charge is -2.08. The fraction of sp³-hybridized carbons (Fsp3) is 0.0500. The minimum absolute atomic E-state index is 0.153. The van der Waals surface area contributed by atoms with Gasteiger partial charge in [-0.25, -0.2) is 0 Å². The maximum Gasteiger partial charge on any atom is 0.259 e. The highest BCUT2D eigenvalue weighted by atomic mass is 79.9. The van der Waals surface area contributed by atoms with E-state index >= 15 is 0 Å². The van der Waals surface area contributed by atoms with E-state index < -0.39 is 0 Å². The average molecular weight is 424 g/mol. The number of aromatic nitrogens is 2. The van der Waals surface area contributed by atoms with Gasteiger partial charge in [-0.05, 0) is 48.5 Å². The van der Waals surface area contributed by atoms with E-state index in [-0.39, 0.29) is 12.5 Å². The molecule has 0 aliphatic rings. The van der Waals surface area contributed by atoms with Crippen molar-refractivity contribution in [3.8, 4) is 5.75 Å². The normalized spacial score (nSPS) is 10.7. The van der Waals surface area contributed by atoms with Crippen molar-refractivity contribution in [3.05, 3.63) is 83.0 Å². The Balaban J connectivity index is 1.47. The lowest BCUT2D eigenvalue weighted by atomic mass is 10.2. The first kappa shape index (κ1) is 17.2. The molecule has 2 aromatic carbocycles. The molecule has 7 heteroatoms. The van der Waals surface area contributed by atoms with Crippen LogP contribution in [-0.2, 0) is 6.61 Å². The van der Waals surface area contributed by atoms with Crippen LogP contribution in [0, 0.1) is 0 Å². The van der Waals surface area contributed by atoms with E-state index in [1.54, 1.807) is 30.6 Å². The Morgan fingerprint density at radius 2 is 1.81 bits per heavy atom. The molecule has 0 aliphatic heterocycles. The second kappa shape index (κ2) is 7.59. The maximum absolute atomic E-state index is 12.6. The Bertz CT molecular complexity index is 1090. The van der Waals surface area contributed by atoms with Gasteiger partial charge in [0.1, 0.15) is 12.4 Å². The van der Waals surface area contributed by atoms with Gasteiger partial charge in [0.15, 0.2) is 5.76 Å². The van der Waals surface area contributed by atoms with Crippen molar-refractivity contribution in [2.45, 2.75) is 6.61 Å². The van der Waals surface area contributed by atoms with Crippen LogP contribution in [0.3, 0.4) is 0 Å². The zero-order valence-electron chi connectivity index (χ0n) is 14.1. The molecule has 1 amide bonds. The predicted molar refractivity (Wildman–Crippen MR) is 105 cm³/mol. The lowest BCUT2D eigenvalue weighted by molar-refractivity contribution is 0.102. The molecular weight excluding hydrogens is 410 g/mol. The molecule has 0 spiro atoms. The number of amides is 1. The lowest BCUT2D eigenvalue weighted by Crippen LogP contribution is -2.13. The van der Waals surface area contributed by atoms with Crippen molar-refractivity contribution in [2.75, 3.05) is 5.32 Å². The number of benzene rings is 2. The van der Waals surface area contributed by atoms with Crippen molar-refractivity contribution in [3.63, 3.8) is 0 Å². The molecule has 0 atom stereocenters. The fourth-order valence-electron chi connectivity index (χ4n) is 2.57. The zero-order chi connectivity index (χ0) is 18.6. The van der Waals surface area contributed by atoms with Crippen LogP contribution in [0.25, 0.3) is 11.0 Å². The van der Waals surface area contributed by atoms with E-state index in [2.05, 4.69) is 31.2 Å². The Kier molecular flexibility index (Phi) is 4.84. The van der Waals surface area contributed by atoms with Crippen LogP contribution in [0.4, 0.5) is 5.69 Å². The summed E-state index contributed by atoms with van der Waals surface area (Å²) < 4.78 is 12.1. The van der Waals surface area contributed by atoms with Gasteiger partial charge in [0.25, 0.3) is 5.91 Å². The molecule has 1 N–H and O–H groups in total. The van der Waals surface area contributed by atoms with Gasteiger partial charge in [0.2, 0.25) is 0 Å². The number of ether oxygens (including phenoxy) is 1. The zero-order valence-corrected chi connectivity index (χ0v) is 15.6. The molecule has 6 nitrogen and oxygen atoms in total. The number of hydrogen-bond acceptors (Lipinski definition) is 5. The summed E-state index contributed by atoms with van der Waals surface area (Å²) in [6.07, 6.45) is 4.71. The van der Waals surface area contributed by atoms with Crippen LogP contribution >= 0.6 is 15.9 Å². The van der Waals surface area contributed by atoms with Crippen LogP contribution in [-0.4, -0.2) is 15.9 Å². The van der Waals surface area contributed by atoms with Gasteiger partial charge in [0.05, 0.1) is 22.9 Å². The minimum Gasteiger partial charge on any atom is -0.486 e. The third-order valence-electron chi connectivity index (χ3n) is 3.90. The van der Waals surface area contributed by atoms with Crippen molar-refractivity contribution < 1.29 is 13.9 Å². The van der Waals surface area contributed by atoms with Crippen molar-refractivity contribution in [1.29, 1.82) is 0 Å². The Morgan fingerprint density at radius 1 is 1.04 bits per heavy atom. The summed E-state index contributed by atoms with van der Waals surface area (Å²) in [5, 5.41) is 2.85. The van der Waals surface area contributed by atoms with Crippen molar-refractivity contribution in [2.24, 2.45) is 0 Å². The fourth-order valence-corrected chi connectivity index (χ4v) is 2.84. The molecule has 2 aromatic heterocycles. The Hall–Kier alpha value is -3.19. The van der Waals surface area contributed by atoms with E-state index in [9.17, 15) is 4.79 Å². The largest absolute Gasteiger partial charge is 0.486 e. The summed E-state index contributed by atoms with van der Waals surface area (Å²) in [5.74, 6) is 0.867. The number of nitrogens with zero attached hydrogens (tertiary/aromatic N) is 2. The van der Waals surface area contributed by atoms with E-state index in [0.717, 1.165) is 9.99 Å². The summed E-state index contributed by atoms with van der Waals surface area (Å²) in [4.78, 5) is 21.1. The van der Waals surface area contributed by atoms with Crippen LogP contribution in [0.5, 0.6) is 5.75 Å². The highest BCUT2D eigenvalue weighted by Crippen LogP contribution is 2.21. The quantitative estimate of drug-likeness (QED) is 0.497. The van der Waals surface area contributed by atoms with Crippen molar-refractivity contribution >= 4 is 38.6 Å². The van der Waals surface area contributed by atoms with E-state index in [1.807, 2.05) is 30.3 Å². The molecule has 0 aliphatic carbocycles. The van der Waals surface area contributed by atoms with E-state index in [4.69, 9.17) is 9.15 Å².